The van der Waals surface area contributed by atoms with Gasteiger partial charge in [-0.05, 0) is 62.1 Å². The summed E-state index contributed by atoms with van der Waals surface area (Å²) in [7, 11) is 1.62. The van der Waals surface area contributed by atoms with E-state index in [2.05, 4.69) is 47.3 Å². The van der Waals surface area contributed by atoms with E-state index in [1.807, 2.05) is 44.3 Å². The lowest BCUT2D eigenvalue weighted by Gasteiger charge is -2.22. The minimum Gasteiger partial charge on any atom is -0.497 e. The molecule has 0 unspecified atom stereocenters. The fraction of sp³-hybridized carbons (Fsp3) is 0.259. The van der Waals surface area contributed by atoms with Gasteiger partial charge in [0.05, 0.1) is 12.8 Å². The molecule has 1 aromatic carbocycles. The van der Waals surface area contributed by atoms with Crippen LogP contribution in [0.25, 0.3) is 11.3 Å². The Hall–Kier alpha value is -3.40. The van der Waals surface area contributed by atoms with E-state index < -0.39 is 0 Å². The van der Waals surface area contributed by atoms with Crippen molar-refractivity contribution in [1.82, 2.24) is 9.88 Å². The fourth-order valence-corrected chi connectivity index (χ4v) is 3.63. The molecule has 0 atom stereocenters. The minimum absolute atomic E-state index is 0.620. The van der Waals surface area contributed by atoms with Gasteiger partial charge in [0.1, 0.15) is 5.76 Å². The molecule has 0 spiro atoms. The molecule has 0 saturated carbocycles. The second-order valence-corrected chi connectivity index (χ2v) is 7.56. The van der Waals surface area contributed by atoms with Crippen LogP contribution in [0.5, 0.6) is 0 Å². The van der Waals surface area contributed by atoms with Crippen molar-refractivity contribution in [3.05, 3.63) is 96.6 Å². The van der Waals surface area contributed by atoms with Crippen molar-refractivity contribution in [2.75, 3.05) is 20.2 Å². The number of aliphatic imine (C=N–C) groups is 1. The Morgan fingerprint density at radius 3 is 2.55 bits per heavy atom. The van der Waals surface area contributed by atoms with Crippen LogP contribution in [0.15, 0.2) is 84.9 Å². The average Bonchev–Trinajstić information content (AvgIpc) is 3.35. The molecule has 1 aromatic heterocycles. The highest BCUT2D eigenvalue weighted by Gasteiger charge is 2.18. The van der Waals surface area contributed by atoms with E-state index in [1.165, 1.54) is 12.8 Å². The number of pyridine rings is 1. The number of methoxy groups -OCH3 is 1. The maximum atomic E-state index is 5.16. The van der Waals surface area contributed by atoms with Gasteiger partial charge in [-0.3, -0.25) is 9.98 Å². The molecule has 0 N–H and O–H groups in total. The van der Waals surface area contributed by atoms with Crippen molar-refractivity contribution in [2.24, 2.45) is 4.99 Å². The van der Waals surface area contributed by atoms with Crippen molar-refractivity contribution < 1.29 is 4.74 Å². The summed E-state index contributed by atoms with van der Waals surface area (Å²) in [4.78, 5) is 11.5. The number of hydrogen-bond acceptors (Lipinski definition) is 4. The number of aromatic nitrogens is 1. The third-order valence-corrected chi connectivity index (χ3v) is 5.52. The summed E-state index contributed by atoms with van der Waals surface area (Å²) in [5.74, 6) is 0.620. The molecule has 0 radical (unpaired) electrons. The first-order chi connectivity index (χ1) is 15.0. The van der Waals surface area contributed by atoms with Crippen molar-refractivity contribution in [3.63, 3.8) is 0 Å². The van der Waals surface area contributed by atoms with Crippen molar-refractivity contribution in [1.29, 1.82) is 0 Å². The lowest BCUT2D eigenvalue weighted by atomic mass is 9.99. The number of ether oxygens (including phenoxy) is 1. The smallest absolute Gasteiger partial charge is 0.111 e. The largest absolute Gasteiger partial charge is 0.497 e. The van der Waals surface area contributed by atoms with E-state index in [1.54, 1.807) is 13.3 Å². The van der Waals surface area contributed by atoms with Crippen LogP contribution in [-0.2, 0) is 4.74 Å². The van der Waals surface area contributed by atoms with E-state index >= 15 is 0 Å². The van der Waals surface area contributed by atoms with Gasteiger partial charge in [-0.25, -0.2) is 0 Å². The first kappa shape index (κ1) is 22.3. The lowest BCUT2D eigenvalue weighted by Crippen LogP contribution is -2.16. The highest BCUT2D eigenvalue weighted by molar-refractivity contribution is 6.00. The zero-order chi connectivity index (χ0) is 22.2. The molecular formula is C27H31N3O. The van der Waals surface area contributed by atoms with E-state index in [-0.39, 0.29) is 0 Å². The first-order valence-electron chi connectivity index (χ1n) is 10.6. The number of hydrogen-bond donors (Lipinski definition) is 0. The Morgan fingerprint density at radius 1 is 1.13 bits per heavy atom. The second kappa shape index (κ2) is 10.6. The maximum Gasteiger partial charge on any atom is 0.111 e. The van der Waals surface area contributed by atoms with Gasteiger partial charge < -0.3 is 9.64 Å². The highest BCUT2D eigenvalue weighted by Crippen LogP contribution is 2.33. The van der Waals surface area contributed by atoms with E-state index in [4.69, 9.17) is 9.73 Å². The van der Waals surface area contributed by atoms with Gasteiger partial charge in [0, 0.05) is 48.0 Å². The quantitative estimate of drug-likeness (QED) is 0.285. The van der Waals surface area contributed by atoms with Crippen LogP contribution >= 0.6 is 0 Å². The van der Waals surface area contributed by atoms with Gasteiger partial charge in [-0.15, -0.1) is 0 Å². The van der Waals surface area contributed by atoms with Crippen LogP contribution in [0, 0.1) is 0 Å². The van der Waals surface area contributed by atoms with Crippen LogP contribution in [0.3, 0.4) is 0 Å². The number of rotatable bonds is 8. The van der Waals surface area contributed by atoms with Crippen molar-refractivity contribution in [3.8, 4) is 0 Å². The third kappa shape index (κ3) is 5.60. The maximum absolute atomic E-state index is 5.16. The molecule has 1 fully saturated rings. The number of nitrogens with zero attached hydrogens (tertiary/aromatic N) is 3. The monoisotopic (exact) mass is 413 g/mol. The SMILES string of the molecule is C=C(/C=C\C(=C/C)c1ccc(/N=C(\C)c2cccnc2)c(C(=C)N2CCCC2)c1)OC. The molecule has 1 aliphatic heterocycles. The summed E-state index contributed by atoms with van der Waals surface area (Å²) >= 11 is 0. The Bertz CT molecular complexity index is 1030. The topological polar surface area (TPSA) is 37.7 Å². The molecule has 1 saturated heterocycles. The molecule has 0 bridgehead atoms. The Kier molecular flexibility index (Phi) is 7.60. The molecule has 4 nitrogen and oxygen atoms in total. The number of allylic oxidation sites excluding steroid dienone is 4. The van der Waals surface area contributed by atoms with Gasteiger partial charge in [0.25, 0.3) is 0 Å². The lowest BCUT2D eigenvalue weighted by molar-refractivity contribution is 0.309. The molecule has 160 valence electrons. The molecule has 3 rings (SSSR count). The standard InChI is InChI=1S/C27H31N3O/c1-6-23(12-11-20(2)31-5)24-13-14-27(29-21(3)25-10-9-15-28-19-25)26(18-24)22(4)30-16-7-8-17-30/h6,9-15,18-19H,2,4,7-8,16-17H2,1,3,5H3/b12-11-,23-6+,29-21+. The minimum atomic E-state index is 0.620. The van der Waals surface area contributed by atoms with Gasteiger partial charge in [0.15, 0.2) is 0 Å². The Morgan fingerprint density at radius 2 is 1.90 bits per heavy atom. The van der Waals surface area contributed by atoms with Crippen molar-refractivity contribution in [2.45, 2.75) is 26.7 Å². The van der Waals surface area contributed by atoms with Gasteiger partial charge >= 0.3 is 0 Å². The van der Waals surface area contributed by atoms with Crippen molar-refractivity contribution >= 4 is 22.7 Å². The summed E-state index contributed by atoms with van der Waals surface area (Å²) < 4.78 is 5.16. The zero-order valence-electron chi connectivity index (χ0n) is 18.8. The van der Waals surface area contributed by atoms with Gasteiger partial charge in [0.2, 0.25) is 0 Å². The Balaban J connectivity index is 2.03. The van der Waals surface area contributed by atoms with Crippen LogP contribution < -0.4 is 0 Å². The average molecular weight is 414 g/mol. The van der Waals surface area contributed by atoms with Gasteiger partial charge in [-0.1, -0.05) is 37.4 Å². The van der Waals surface area contributed by atoms with Crippen LogP contribution in [0.1, 0.15) is 43.4 Å². The predicted octanol–water partition coefficient (Wildman–Crippen LogP) is 6.41. The van der Waals surface area contributed by atoms with E-state index in [0.29, 0.717) is 5.76 Å². The Labute approximate surface area is 186 Å². The second-order valence-electron chi connectivity index (χ2n) is 7.56. The summed E-state index contributed by atoms with van der Waals surface area (Å²) in [6.07, 6.45) is 12.0. The summed E-state index contributed by atoms with van der Waals surface area (Å²) in [6, 6.07) is 10.3. The summed E-state index contributed by atoms with van der Waals surface area (Å²) in [5, 5.41) is 0. The molecule has 2 aromatic rings. The van der Waals surface area contributed by atoms with Crippen LogP contribution in [0.4, 0.5) is 5.69 Å². The fourth-order valence-electron chi connectivity index (χ4n) is 3.63. The van der Waals surface area contributed by atoms with E-state index in [0.717, 1.165) is 52.4 Å². The molecule has 2 heterocycles. The first-order valence-corrected chi connectivity index (χ1v) is 10.6. The normalized spacial score (nSPS) is 14.9. The van der Waals surface area contributed by atoms with Gasteiger partial charge in [-0.2, -0.15) is 0 Å². The summed E-state index contributed by atoms with van der Waals surface area (Å²) in [5.41, 5.74) is 7.14. The third-order valence-electron chi connectivity index (χ3n) is 5.52. The summed E-state index contributed by atoms with van der Waals surface area (Å²) in [6.45, 7) is 14.4. The highest BCUT2D eigenvalue weighted by atomic mass is 16.5. The van der Waals surface area contributed by atoms with Crippen LogP contribution in [0.2, 0.25) is 0 Å². The molecule has 4 heteroatoms. The van der Waals surface area contributed by atoms with Crippen LogP contribution in [-0.4, -0.2) is 35.8 Å². The van der Waals surface area contributed by atoms with E-state index in [9.17, 15) is 0 Å². The molecule has 0 aliphatic carbocycles. The molecule has 1 aliphatic rings. The molecule has 0 amide bonds. The predicted molar refractivity (Wildman–Crippen MR) is 131 cm³/mol. The number of benzene rings is 1. The zero-order valence-corrected chi connectivity index (χ0v) is 18.8. The number of likely N-dealkylation sites (tertiary alicyclic amines) is 1. The molecular weight excluding hydrogens is 382 g/mol. The molecule has 31 heavy (non-hydrogen) atoms.